The lowest BCUT2D eigenvalue weighted by Gasteiger charge is -2.18. The molecule has 1 aliphatic heterocycles. The van der Waals surface area contributed by atoms with Gasteiger partial charge in [0.1, 0.15) is 0 Å². The Morgan fingerprint density at radius 3 is 2.20 bits per heavy atom. The van der Waals surface area contributed by atoms with Crippen LogP contribution < -0.4 is 0 Å². The van der Waals surface area contributed by atoms with Crippen LogP contribution in [0.1, 0.15) is 0 Å². The predicted octanol–water partition coefficient (Wildman–Crippen LogP) is 5.06. The van der Waals surface area contributed by atoms with Crippen molar-refractivity contribution in [1.29, 1.82) is 0 Å². The molecule has 0 saturated carbocycles. The first-order chi connectivity index (χ1) is 7.34. The van der Waals surface area contributed by atoms with E-state index in [-0.39, 0.29) is 0 Å². The minimum Gasteiger partial charge on any atom is -0.0877 e. The second-order valence-electron chi connectivity index (χ2n) is 3.22. The van der Waals surface area contributed by atoms with E-state index in [0.717, 1.165) is 0 Å². The van der Waals surface area contributed by atoms with Crippen molar-refractivity contribution in [2.24, 2.45) is 0 Å². The molecule has 0 spiro atoms. The summed E-state index contributed by atoms with van der Waals surface area (Å²) in [6, 6.07) is 14.9. The fourth-order valence-corrected chi connectivity index (χ4v) is 4.53. The van der Waals surface area contributed by atoms with E-state index in [1.165, 1.54) is 24.1 Å². The molecule has 0 nitrogen and oxygen atoms in total. The van der Waals surface area contributed by atoms with Crippen molar-refractivity contribution < 1.29 is 0 Å². The third kappa shape index (κ3) is 1.73. The van der Waals surface area contributed by atoms with E-state index in [4.69, 9.17) is 0 Å². The first kappa shape index (κ1) is 9.82. The molecule has 74 valence electrons. The van der Waals surface area contributed by atoms with Crippen molar-refractivity contribution in [3.8, 4) is 0 Å². The van der Waals surface area contributed by atoms with Gasteiger partial charge in [-0.25, -0.2) is 0 Å². The topological polar surface area (TPSA) is 0 Å². The summed E-state index contributed by atoms with van der Waals surface area (Å²) in [5, 5.41) is 0. The average Bonchev–Trinajstić information content (AvgIpc) is 2.27. The molecule has 0 bridgehead atoms. The Balaban J connectivity index is 2.15. The van der Waals surface area contributed by atoms with Gasteiger partial charge in [0.25, 0.3) is 0 Å². The van der Waals surface area contributed by atoms with Crippen molar-refractivity contribution in [2.45, 2.75) is 19.6 Å². The second kappa shape index (κ2) is 3.89. The molecule has 0 aliphatic carbocycles. The standard InChI is InChI=1S/C12H7BrS2/c13-8-4-3-7-11-12(8)15-10-6-2-1-5-9(10)14-11/h1-7H. The average molecular weight is 295 g/mol. The fourth-order valence-electron chi connectivity index (χ4n) is 1.52. The SMILES string of the molecule is Brc1cccc2c1Sc1ccccc1S2. The molecule has 0 radical (unpaired) electrons. The van der Waals surface area contributed by atoms with Crippen LogP contribution in [-0.2, 0) is 0 Å². The van der Waals surface area contributed by atoms with Crippen molar-refractivity contribution in [1.82, 2.24) is 0 Å². The lowest BCUT2D eigenvalue weighted by atomic mass is 10.3. The van der Waals surface area contributed by atoms with Gasteiger partial charge in [-0.15, -0.1) is 0 Å². The zero-order chi connectivity index (χ0) is 10.3. The zero-order valence-corrected chi connectivity index (χ0v) is 11.0. The van der Waals surface area contributed by atoms with Gasteiger partial charge in [0.2, 0.25) is 0 Å². The van der Waals surface area contributed by atoms with Crippen LogP contribution in [-0.4, -0.2) is 0 Å². The molecule has 1 heterocycles. The van der Waals surface area contributed by atoms with Gasteiger partial charge >= 0.3 is 0 Å². The predicted molar refractivity (Wildman–Crippen MR) is 68.8 cm³/mol. The smallest absolute Gasteiger partial charge is 0.0404 e. The minimum atomic E-state index is 1.19. The summed E-state index contributed by atoms with van der Waals surface area (Å²) in [7, 11) is 0. The molecule has 3 heteroatoms. The summed E-state index contributed by atoms with van der Waals surface area (Å²) in [6.45, 7) is 0. The van der Waals surface area contributed by atoms with E-state index in [1.54, 1.807) is 0 Å². The first-order valence-corrected chi connectivity index (χ1v) is 7.00. The van der Waals surface area contributed by atoms with E-state index in [2.05, 4.69) is 58.4 Å². The highest BCUT2D eigenvalue weighted by molar-refractivity contribution is 9.10. The number of hydrogen-bond acceptors (Lipinski definition) is 2. The van der Waals surface area contributed by atoms with Crippen molar-refractivity contribution in [2.75, 3.05) is 0 Å². The summed E-state index contributed by atoms with van der Waals surface area (Å²) >= 11 is 7.29. The van der Waals surface area contributed by atoms with Crippen molar-refractivity contribution in [3.05, 3.63) is 46.9 Å². The Kier molecular flexibility index (Phi) is 2.54. The molecule has 0 saturated heterocycles. The monoisotopic (exact) mass is 294 g/mol. The van der Waals surface area contributed by atoms with E-state index >= 15 is 0 Å². The summed E-state index contributed by atoms with van der Waals surface area (Å²) in [4.78, 5) is 5.38. The molecule has 0 N–H and O–H groups in total. The highest BCUT2D eigenvalue weighted by Crippen LogP contribution is 2.50. The van der Waals surface area contributed by atoms with Gasteiger partial charge in [-0.1, -0.05) is 41.7 Å². The summed E-state index contributed by atoms with van der Waals surface area (Å²) in [5.74, 6) is 0. The molecular weight excluding hydrogens is 288 g/mol. The Hall–Kier alpha value is -0.380. The van der Waals surface area contributed by atoms with E-state index in [0.29, 0.717) is 0 Å². The van der Waals surface area contributed by atoms with E-state index in [9.17, 15) is 0 Å². The first-order valence-electron chi connectivity index (χ1n) is 4.58. The Morgan fingerprint density at radius 1 is 0.733 bits per heavy atom. The van der Waals surface area contributed by atoms with Crippen LogP contribution in [0.25, 0.3) is 0 Å². The van der Waals surface area contributed by atoms with Crippen LogP contribution in [0.4, 0.5) is 0 Å². The number of halogens is 1. The summed E-state index contributed by atoms with van der Waals surface area (Å²) < 4.78 is 1.19. The van der Waals surface area contributed by atoms with Gasteiger partial charge in [-0.05, 0) is 40.2 Å². The summed E-state index contributed by atoms with van der Waals surface area (Å²) in [6.07, 6.45) is 0. The molecule has 2 aromatic rings. The molecule has 0 amide bonds. The van der Waals surface area contributed by atoms with Gasteiger partial charge < -0.3 is 0 Å². The maximum atomic E-state index is 3.60. The third-order valence-electron chi connectivity index (χ3n) is 2.21. The van der Waals surface area contributed by atoms with E-state index in [1.807, 2.05) is 23.5 Å². The molecule has 0 fully saturated rings. The van der Waals surface area contributed by atoms with E-state index < -0.39 is 0 Å². The largest absolute Gasteiger partial charge is 0.0877 e. The number of rotatable bonds is 0. The molecule has 2 aromatic carbocycles. The minimum absolute atomic E-state index is 1.19. The summed E-state index contributed by atoms with van der Waals surface area (Å²) in [5.41, 5.74) is 0. The van der Waals surface area contributed by atoms with Gasteiger partial charge in [0, 0.05) is 24.1 Å². The Labute approximate surface area is 106 Å². The Bertz CT molecular complexity index is 523. The molecular formula is C12H7BrS2. The molecule has 0 atom stereocenters. The molecule has 15 heavy (non-hydrogen) atoms. The lowest BCUT2D eigenvalue weighted by Crippen LogP contribution is -1.89. The second-order valence-corrected chi connectivity index (χ2v) is 6.21. The Morgan fingerprint density at radius 2 is 1.40 bits per heavy atom. The highest BCUT2D eigenvalue weighted by atomic mass is 79.9. The molecule has 0 aromatic heterocycles. The van der Waals surface area contributed by atoms with Crippen LogP contribution in [0.3, 0.4) is 0 Å². The zero-order valence-electron chi connectivity index (χ0n) is 7.74. The number of benzene rings is 2. The van der Waals surface area contributed by atoms with Crippen LogP contribution in [0.15, 0.2) is 66.5 Å². The molecule has 1 aliphatic rings. The van der Waals surface area contributed by atoms with Gasteiger partial charge in [-0.3, -0.25) is 0 Å². The normalized spacial score (nSPS) is 13.1. The third-order valence-corrected chi connectivity index (χ3v) is 5.75. The van der Waals surface area contributed by atoms with Crippen LogP contribution in [0.5, 0.6) is 0 Å². The van der Waals surface area contributed by atoms with Crippen molar-refractivity contribution >= 4 is 39.5 Å². The van der Waals surface area contributed by atoms with Crippen LogP contribution >= 0.6 is 39.5 Å². The van der Waals surface area contributed by atoms with Crippen LogP contribution in [0.2, 0.25) is 0 Å². The van der Waals surface area contributed by atoms with Crippen LogP contribution in [0, 0.1) is 0 Å². The molecule has 3 rings (SSSR count). The highest BCUT2D eigenvalue weighted by Gasteiger charge is 2.17. The van der Waals surface area contributed by atoms with Gasteiger partial charge in [0.05, 0.1) is 0 Å². The van der Waals surface area contributed by atoms with Gasteiger partial charge in [0.15, 0.2) is 0 Å². The maximum Gasteiger partial charge on any atom is 0.0404 e. The van der Waals surface area contributed by atoms with Crippen molar-refractivity contribution in [3.63, 3.8) is 0 Å². The number of fused-ring (bicyclic) bond motifs is 2. The molecule has 0 unspecified atom stereocenters. The quantitative estimate of drug-likeness (QED) is 0.568. The maximum absolute atomic E-state index is 3.60. The fraction of sp³-hybridized carbons (Fsp3) is 0. The number of hydrogen-bond donors (Lipinski definition) is 0. The van der Waals surface area contributed by atoms with Gasteiger partial charge in [-0.2, -0.15) is 0 Å². The lowest BCUT2D eigenvalue weighted by molar-refractivity contribution is 1.14.